The molecule has 2 unspecified atom stereocenters. The third-order valence-electron chi connectivity index (χ3n) is 4.59. The number of ether oxygens (including phenoxy) is 1. The minimum Gasteiger partial charge on any atom is -0.454 e. The van der Waals surface area contributed by atoms with Crippen molar-refractivity contribution in [3.8, 4) is 11.5 Å². The zero-order valence-corrected chi connectivity index (χ0v) is 15.0. The van der Waals surface area contributed by atoms with Crippen LogP contribution in [0.15, 0.2) is 48.8 Å². The molecule has 1 aliphatic rings. The van der Waals surface area contributed by atoms with Crippen molar-refractivity contribution in [3.63, 3.8) is 0 Å². The Morgan fingerprint density at radius 1 is 1.35 bits per heavy atom. The van der Waals surface area contributed by atoms with Gasteiger partial charge in [0.2, 0.25) is 0 Å². The Hall–Kier alpha value is -2.64. The number of hydrogen-bond acceptors (Lipinski definition) is 5. The van der Waals surface area contributed by atoms with Crippen LogP contribution in [-0.2, 0) is 0 Å². The van der Waals surface area contributed by atoms with Crippen molar-refractivity contribution in [2.75, 3.05) is 32.6 Å². The van der Waals surface area contributed by atoms with Gasteiger partial charge in [-0.25, -0.2) is 4.79 Å². The van der Waals surface area contributed by atoms with E-state index in [9.17, 15) is 9.90 Å². The van der Waals surface area contributed by atoms with Gasteiger partial charge in [-0.3, -0.25) is 4.98 Å². The predicted molar refractivity (Wildman–Crippen MR) is 99.4 cm³/mol. The zero-order valence-electron chi connectivity index (χ0n) is 15.0. The summed E-state index contributed by atoms with van der Waals surface area (Å²) in [6, 6.07) is 10.7. The van der Waals surface area contributed by atoms with Crippen LogP contribution in [0.25, 0.3) is 0 Å². The molecule has 0 bridgehead atoms. The van der Waals surface area contributed by atoms with Crippen LogP contribution < -0.4 is 10.1 Å². The number of para-hydroxylation sites is 2. The summed E-state index contributed by atoms with van der Waals surface area (Å²) in [6.07, 6.45) is 4.04. The van der Waals surface area contributed by atoms with Crippen LogP contribution in [0.1, 0.15) is 6.42 Å². The number of likely N-dealkylation sites (tertiary alicyclic amines) is 1. The molecular formula is C19H24N4O3. The number of likely N-dealkylation sites (N-methyl/N-ethyl adjacent to an activating group) is 1. The Balaban J connectivity index is 1.73. The fraction of sp³-hybridized carbons (Fsp3) is 0.368. The topological polar surface area (TPSA) is 77.9 Å². The number of nitrogens with one attached hydrogen (secondary N) is 1. The number of aromatic nitrogens is 1. The van der Waals surface area contributed by atoms with Gasteiger partial charge in [-0.05, 0) is 44.8 Å². The molecule has 2 heterocycles. The zero-order chi connectivity index (χ0) is 18.5. The number of carbonyl (C=O) groups is 1. The molecule has 7 nitrogen and oxygen atoms in total. The van der Waals surface area contributed by atoms with Crippen molar-refractivity contribution in [2.45, 2.75) is 18.5 Å². The maximum atomic E-state index is 12.8. The second-order valence-electron chi connectivity index (χ2n) is 6.56. The van der Waals surface area contributed by atoms with E-state index >= 15 is 0 Å². The molecule has 7 heteroatoms. The maximum Gasteiger partial charge on any atom is 0.322 e. The van der Waals surface area contributed by atoms with E-state index in [2.05, 4.69) is 15.2 Å². The summed E-state index contributed by atoms with van der Waals surface area (Å²) >= 11 is 0. The molecule has 0 radical (unpaired) electrons. The number of benzene rings is 1. The van der Waals surface area contributed by atoms with E-state index in [1.54, 1.807) is 41.6 Å². The van der Waals surface area contributed by atoms with E-state index < -0.39 is 0 Å². The van der Waals surface area contributed by atoms with Gasteiger partial charge in [0.15, 0.2) is 5.75 Å². The largest absolute Gasteiger partial charge is 0.454 e. The van der Waals surface area contributed by atoms with E-state index in [4.69, 9.17) is 4.74 Å². The predicted octanol–water partition coefficient (Wildman–Crippen LogP) is 2.40. The molecule has 1 aliphatic heterocycles. The lowest BCUT2D eigenvalue weighted by atomic mass is 10.2. The number of rotatable bonds is 5. The van der Waals surface area contributed by atoms with E-state index in [1.807, 2.05) is 26.2 Å². The Morgan fingerprint density at radius 2 is 2.15 bits per heavy atom. The van der Waals surface area contributed by atoms with Crippen LogP contribution in [0.2, 0.25) is 0 Å². The molecule has 2 N–H and O–H groups in total. The fourth-order valence-electron chi connectivity index (χ4n) is 3.07. The van der Waals surface area contributed by atoms with Crippen molar-refractivity contribution < 1.29 is 14.6 Å². The van der Waals surface area contributed by atoms with Gasteiger partial charge in [0.25, 0.3) is 0 Å². The molecule has 1 saturated heterocycles. The number of aliphatic hydroxyl groups is 1. The quantitative estimate of drug-likeness (QED) is 0.860. The van der Waals surface area contributed by atoms with Gasteiger partial charge in [-0.15, -0.1) is 0 Å². The van der Waals surface area contributed by atoms with Crippen molar-refractivity contribution >= 4 is 11.7 Å². The average Bonchev–Trinajstić information content (AvgIpc) is 3.09. The van der Waals surface area contributed by atoms with E-state index in [1.165, 1.54) is 0 Å². The molecule has 26 heavy (non-hydrogen) atoms. The van der Waals surface area contributed by atoms with E-state index in [0.717, 1.165) is 6.42 Å². The van der Waals surface area contributed by atoms with Crippen LogP contribution >= 0.6 is 0 Å². The lowest BCUT2D eigenvalue weighted by Crippen LogP contribution is -2.41. The number of urea groups is 1. The first-order valence-corrected chi connectivity index (χ1v) is 8.60. The summed E-state index contributed by atoms with van der Waals surface area (Å²) in [5.41, 5.74) is 0.575. The molecule has 1 fully saturated rings. The molecule has 0 aliphatic carbocycles. The summed E-state index contributed by atoms with van der Waals surface area (Å²) in [6.45, 7) is 0.529. The molecule has 1 aromatic heterocycles. The highest BCUT2D eigenvalue weighted by Gasteiger charge is 2.36. The molecular weight excluding hydrogens is 332 g/mol. The number of anilines is 1. The van der Waals surface area contributed by atoms with Crippen molar-refractivity contribution in [2.24, 2.45) is 0 Å². The molecule has 2 aromatic rings. The molecule has 2 atom stereocenters. The lowest BCUT2D eigenvalue weighted by molar-refractivity contribution is 0.166. The Labute approximate surface area is 153 Å². The number of nitrogens with zero attached hydrogens (tertiary/aromatic N) is 3. The average molecular weight is 356 g/mol. The van der Waals surface area contributed by atoms with Gasteiger partial charge >= 0.3 is 6.03 Å². The van der Waals surface area contributed by atoms with Gasteiger partial charge in [-0.2, -0.15) is 0 Å². The first-order chi connectivity index (χ1) is 12.6. The van der Waals surface area contributed by atoms with Crippen LogP contribution in [-0.4, -0.2) is 65.3 Å². The minimum absolute atomic E-state index is 0.0500. The second-order valence-corrected chi connectivity index (χ2v) is 6.56. The maximum absolute atomic E-state index is 12.8. The third kappa shape index (κ3) is 4.12. The standard InChI is InChI=1S/C19H24N4O3/c1-22(2)14-10-15(13-24)23(12-14)19(25)21-17-7-3-4-8-18(17)26-16-6-5-9-20-11-16/h3-9,11,14-15,24H,10,12-13H2,1-2H3,(H,21,25). The van der Waals surface area contributed by atoms with Crippen LogP contribution in [0, 0.1) is 0 Å². The van der Waals surface area contributed by atoms with Gasteiger partial charge in [0, 0.05) is 18.8 Å². The molecule has 2 amide bonds. The Morgan fingerprint density at radius 3 is 2.85 bits per heavy atom. The lowest BCUT2D eigenvalue weighted by Gasteiger charge is -2.24. The number of aliphatic hydroxyl groups excluding tert-OH is 1. The molecule has 3 rings (SSSR count). The normalized spacial score (nSPS) is 19.6. The monoisotopic (exact) mass is 356 g/mol. The van der Waals surface area contributed by atoms with Crippen molar-refractivity contribution in [1.82, 2.24) is 14.8 Å². The molecule has 0 spiro atoms. The first kappa shape index (κ1) is 18.2. The summed E-state index contributed by atoms with van der Waals surface area (Å²) in [5.74, 6) is 1.13. The number of amides is 2. The van der Waals surface area contributed by atoms with Gasteiger partial charge in [-0.1, -0.05) is 12.1 Å². The summed E-state index contributed by atoms with van der Waals surface area (Å²) in [7, 11) is 3.97. The summed E-state index contributed by atoms with van der Waals surface area (Å²) in [5, 5.41) is 12.5. The molecule has 0 saturated carbocycles. The van der Waals surface area contributed by atoms with Crippen molar-refractivity contribution in [1.29, 1.82) is 0 Å². The van der Waals surface area contributed by atoms with E-state index in [0.29, 0.717) is 23.7 Å². The van der Waals surface area contributed by atoms with Crippen molar-refractivity contribution in [3.05, 3.63) is 48.8 Å². The van der Waals surface area contributed by atoms with Gasteiger partial charge < -0.3 is 25.0 Å². The fourth-order valence-corrected chi connectivity index (χ4v) is 3.07. The highest BCUT2D eigenvalue weighted by Crippen LogP contribution is 2.30. The number of hydrogen-bond donors (Lipinski definition) is 2. The van der Waals surface area contributed by atoms with Crippen LogP contribution in [0.3, 0.4) is 0 Å². The highest BCUT2D eigenvalue weighted by atomic mass is 16.5. The molecule has 1 aromatic carbocycles. The SMILES string of the molecule is CN(C)C1CC(CO)N(C(=O)Nc2ccccc2Oc2cccnc2)C1. The van der Waals surface area contributed by atoms with Crippen LogP contribution in [0.5, 0.6) is 11.5 Å². The third-order valence-corrected chi connectivity index (χ3v) is 4.59. The van der Waals surface area contributed by atoms with Crippen LogP contribution in [0.4, 0.5) is 10.5 Å². The smallest absolute Gasteiger partial charge is 0.322 e. The van der Waals surface area contributed by atoms with Gasteiger partial charge in [0.1, 0.15) is 5.75 Å². The molecule has 138 valence electrons. The summed E-state index contributed by atoms with van der Waals surface area (Å²) < 4.78 is 5.83. The first-order valence-electron chi connectivity index (χ1n) is 8.60. The minimum atomic E-state index is -0.240. The van der Waals surface area contributed by atoms with Gasteiger partial charge in [0.05, 0.1) is 24.5 Å². The Kier molecular flexibility index (Phi) is 5.70. The summed E-state index contributed by atoms with van der Waals surface area (Å²) in [4.78, 5) is 20.6. The number of pyridine rings is 1. The van der Waals surface area contributed by atoms with E-state index in [-0.39, 0.29) is 24.7 Å². The second kappa shape index (κ2) is 8.16. The Bertz CT molecular complexity index is 739. The number of carbonyl (C=O) groups excluding carboxylic acids is 1. The highest BCUT2D eigenvalue weighted by molar-refractivity contribution is 5.91.